The van der Waals surface area contributed by atoms with Crippen LogP contribution in [0.25, 0.3) is 0 Å². The maximum absolute atomic E-state index is 13.4. The van der Waals surface area contributed by atoms with E-state index in [-0.39, 0.29) is 17.4 Å². The zero-order chi connectivity index (χ0) is 15.5. The van der Waals surface area contributed by atoms with Crippen LogP contribution in [0.5, 0.6) is 0 Å². The molecule has 118 valence electrons. The van der Waals surface area contributed by atoms with Crippen LogP contribution in [0.4, 0.5) is 4.39 Å². The second-order valence-electron chi connectivity index (χ2n) is 6.24. The van der Waals surface area contributed by atoms with E-state index in [1.165, 1.54) is 5.56 Å². The Balaban J connectivity index is 2.32. The van der Waals surface area contributed by atoms with Gasteiger partial charge in [0.2, 0.25) is 0 Å². The van der Waals surface area contributed by atoms with Gasteiger partial charge in [-0.3, -0.25) is 4.90 Å². The molecule has 0 spiro atoms. The highest BCUT2D eigenvalue weighted by Crippen LogP contribution is 2.33. The average molecular weight is 294 g/mol. The molecular formula is C17H27FN2O. The minimum Gasteiger partial charge on any atom is -0.379 e. The second kappa shape index (κ2) is 6.86. The number of nitrogens with zero attached hydrogens (tertiary/aromatic N) is 1. The number of hydrogen-bond acceptors (Lipinski definition) is 3. The summed E-state index contributed by atoms with van der Waals surface area (Å²) in [4.78, 5) is 2.46. The van der Waals surface area contributed by atoms with Gasteiger partial charge in [-0.05, 0) is 50.6 Å². The number of ether oxygens (including phenoxy) is 1. The van der Waals surface area contributed by atoms with Gasteiger partial charge in [0.05, 0.1) is 19.3 Å². The van der Waals surface area contributed by atoms with Crippen LogP contribution in [-0.2, 0) is 4.74 Å². The molecule has 1 aromatic carbocycles. The monoisotopic (exact) mass is 294 g/mol. The zero-order valence-electron chi connectivity index (χ0n) is 13.6. The summed E-state index contributed by atoms with van der Waals surface area (Å²) in [6, 6.07) is 5.26. The summed E-state index contributed by atoms with van der Waals surface area (Å²) in [6.45, 7) is 12.9. The molecule has 4 heteroatoms. The van der Waals surface area contributed by atoms with Crippen molar-refractivity contribution in [2.75, 3.05) is 32.8 Å². The summed E-state index contributed by atoms with van der Waals surface area (Å²) in [5.41, 5.74) is 2.12. The minimum absolute atomic E-state index is 0.0532. The molecule has 1 saturated heterocycles. The molecule has 1 aliphatic heterocycles. The third kappa shape index (κ3) is 3.62. The molecule has 0 amide bonds. The third-order valence-electron chi connectivity index (χ3n) is 4.48. The van der Waals surface area contributed by atoms with Crippen LogP contribution in [0, 0.1) is 12.7 Å². The normalized spacial score (nSPS) is 18.7. The number of nitrogens with one attached hydrogen (secondary N) is 1. The molecule has 21 heavy (non-hydrogen) atoms. The Morgan fingerprint density at radius 2 is 2.00 bits per heavy atom. The molecule has 1 unspecified atom stereocenters. The van der Waals surface area contributed by atoms with Gasteiger partial charge >= 0.3 is 0 Å². The fourth-order valence-electron chi connectivity index (χ4n) is 3.23. The smallest absolute Gasteiger partial charge is 0.123 e. The molecule has 1 N–H and O–H groups in total. The Kier molecular flexibility index (Phi) is 5.36. The topological polar surface area (TPSA) is 24.5 Å². The summed E-state index contributed by atoms with van der Waals surface area (Å²) in [5, 5.41) is 3.59. The van der Waals surface area contributed by atoms with E-state index in [9.17, 15) is 4.39 Å². The molecule has 1 aliphatic rings. The van der Waals surface area contributed by atoms with Crippen molar-refractivity contribution in [3.05, 3.63) is 35.1 Å². The number of aryl methyl sites for hydroxylation is 1. The van der Waals surface area contributed by atoms with Gasteiger partial charge in [-0.2, -0.15) is 0 Å². The van der Waals surface area contributed by atoms with E-state index in [4.69, 9.17) is 4.74 Å². The van der Waals surface area contributed by atoms with Crippen molar-refractivity contribution < 1.29 is 9.13 Å². The number of halogens is 1. The molecule has 1 fully saturated rings. The van der Waals surface area contributed by atoms with Crippen molar-refractivity contribution in [3.63, 3.8) is 0 Å². The lowest BCUT2D eigenvalue weighted by molar-refractivity contribution is -0.0237. The SMILES string of the molecule is CCNC(c1ccc(F)cc1C)C(C)(C)N1CCOCC1. The molecule has 0 aromatic heterocycles. The first-order valence-corrected chi connectivity index (χ1v) is 7.79. The van der Waals surface area contributed by atoms with Gasteiger partial charge in [0, 0.05) is 18.6 Å². The largest absolute Gasteiger partial charge is 0.379 e. The summed E-state index contributed by atoms with van der Waals surface area (Å²) < 4.78 is 18.9. The summed E-state index contributed by atoms with van der Waals surface area (Å²) >= 11 is 0. The van der Waals surface area contributed by atoms with Gasteiger partial charge < -0.3 is 10.1 Å². The highest BCUT2D eigenvalue weighted by Gasteiger charge is 2.37. The molecule has 1 atom stereocenters. The van der Waals surface area contributed by atoms with Crippen LogP contribution in [-0.4, -0.2) is 43.3 Å². The van der Waals surface area contributed by atoms with Gasteiger partial charge in [-0.15, -0.1) is 0 Å². The standard InChI is InChI=1S/C17H27FN2O/c1-5-19-16(15-7-6-14(18)12-13(15)2)17(3,4)20-8-10-21-11-9-20/h6-7,12,16,19H,5,8-11H2,1-4H3. The van der Waals surface area contributed by atoms with Crippen LogP contribution in [0.3, 0.4) is 0 Å². The van der Waals surface area contributed by atoms with Gasteiger partial charge in [0.1, 0.15) is 5.82 Å². The number of likely N-dealkylation sites (N-methyl/N-ethyl adjacent to an activating group) is 1. The van der Waals surface area contributed by atoms with Gasteiger partial charge in [0.15, 0.2) is 0 Å². The van der Waals surface area contributed by atoms with E-state index < -0.39 is 0 Å². The minimum atomic E-state index is -0.171. The van der Waals surface area contributed by atoms with Crippen molar-refractivity contribution in [1.29, 1.82) is 0 Å². The first-order chi connectivity index (χ1) is 9.96. The average Bonchev–Trinajstić information content (AvgIpc) is 2.46. The van der Waals surface area contributed by atoms with E-state index in [0.29, 0.717) is 0 Å². The highest BCUT2D eigenvalue weighted by molar-refractivity contribution is 5.32. The highest BCUT2D eigenvalue weighted by atomic mass is 19.1. The van der Waals surface area contributed by atoms with Crippen molar-refractivity contribution in [1.82, 2.24) is 10.2 Å². The predicted molar refractivity (Wildman–Crippen MR) is 84.0 cm³/mol. The quantitative estimate of drug-likeness (QED) is 0.904. The zero-order valence-corrected chi connectivity index (χ0v) is 13.6. The number of rotatable bonds is 5. The van der Waals surface area contributed by atoms with Crippen molar-refractivity contribution >= 4 is 0 Å². The predicted octanol–water partition coefficient (Wildman–Crippen LogP) is 2.90. The lowest BCUT2D eigenvalue weighted by Gasteiger charge is -2.46. The van der Waals surface area contributed by atoms with Crippen LogP contribution in [0.2, 0.25) is 0 Å². The fraction of sp³-hybridized carbons (Fsp3) is 0.647. The van der Waals surface area contributed by atoms with E-state index in [2.05, 4.69) is 31.0 Å². The van der Waals surface area contributed by atoms with Crippen LogP contribution < -0.4 is 5.32 Å². The Labute approximate surface area is 127 Å². The van der Waals surface area contributed by atoms with Crippen molar-refractivity contribution in [2.45, 2.75) is 39.3 Å². The molecular weight excluding hydrogens is 267 g/mol. The lowest BCUT2D eigenvalue weighted by Crippen LogP contribution is -2.56. The Hall–Kier alpha value is -0.970. The second-order valence-corrected chi connectivity index (χ2v) is 6.24. The van der Waals surface area contributed by atoms with Gasteiger partial charge in [-0.25, -0.2) is 4.39 Å². The summed E-state index contributed by atoms with van der Waals surface area (Å²) in [6.07, 6.45) is 0. The van der Waals surface area contributed by atoms with Gasteiger partial charge in [-0.1, -0.05) is 13.0 Å². The van der Waals surface area contributed by atoms with Crippen LogP contribution in [0.1, 0.15) is 37.9 Å². The summed E-state index contributed by atoms with van der Waals surface area (Å²) in [5.74, 6) is -0.171. The Morgan fingerprint density at radius 3 is 2.57 bits per heavy atom. The number of hydrogen-bond donors (Lipinski definition) is 1. The number of benzene rings is 1. The van der Waals surface area contributed by atoms with Crippen molar-refractivity contribution in [3.8, 4) is 0 Å². The molecule has 1 heterocycles. The van der Waals surface area contributed by atoms with Crippen molar-refractivity contribution in [2.24, 2.45) is 0 Å². The first-order valence-electron chi connectivity index (χ1n) is 7.79. The summed E-state index contributed by atoms with van der Waals surface area (Å²) in [7, 11) is 0. The number of morpholine rings is 1. The maximum Gasteiger partial charge on any atom is 0.123 e. The maximum atomic E-state index is 13.4. The van der Waals surface area contributed by atoms with Gasteiger partial charge in [0.25, 0.3) is 0 Å². The molecule has 0 radical (unpaired) electrons. The Morgan fingerprint density at radius 1 is 1.33 bits per heavy atom. The Bertz CT molecular complexity index is 470. The van der Waals surface area contributed by atoms with E-state index in [0.717, 1.165) is 38.4 Å². The molecule has 3 nitrogen and oxygen atoms in total. The molecule has 2 rings (SSSR count). The molecule has 0 aliphatic carbocycles. The van der Waals surface area contributed by atoms with E-state index in [1.54, 1.807) is 12.1 Å². The first kappa shape index (κ1) is 16.4. The lowest BCUT2D eigenvalue weighted by atomic mass is 9.84. The molecule has 0 saturated carbocycles. The van der Waals surface area contributed by atoms with Crippen LogP contribution >= 0.6 is 0 Å². The molecule has 1 aromatic rings. The van der Waals surface area contributed by atoms with E-state index >= 15 is 0 Å². The third-order valence-corrected chi connectivity index (χ3v) is 4.48. The fourth-order valence-corrected chi connectivity index (χ4v) is 3.23. The van der Waals surface area contributed by atoms with E-state index in [1.807, 2.05) is 13.0 Å². The molecule has 0 bridgehead atoms. The van der Waals surface area contributed by atoms with Crippen LogP contribution in [0.15, 0.2) is 18.2 Å².